The lowest BCUT2D eigenvalue weighted by Crippen LogP contribution is -2.16. The van der Waals surface area contributed by atoms with E-state index < -0.39 is 24.6 Å². The van der Waals surface area contributed by atoms with Crippen molar-refractivity contribution in [3.8, 4) is 6.07 Å². The van der Waals surface area contributed by atoms with Gasteiger partial charge in [0.15, 0.2) is 6.10 Å². The number of nitrogens with zero attached hydrogens (tertiary/aromatic N) is 1. The molecule has 80 valence electrons. The van der Waals surface area contributed by atoms with Crippen molar-refractivity contribution in [3.05, 3.63) is 35.1 Å². The molecule has 0 bridgehead atoms. The van der Waals surface area contributed by atoms with Gasteiger partial charge in [-0.3, -0.25) is 0 Å². The van der Waals surface area contributed by atoms with Crippen molar-refractivity contribution in [2.75, 3.05) is 0 Å². The predicted molar refractivity (Wildman–Crippen MR) is 48.9 cm³/mol. The van der Waals surface area contributed by atoms with Crippen LogP contribution in [0.15, 0.2) is 18.2 Å². The number of aliphatic hydroxyl groups is 3. The van der Waals surface area contributed by atoms with Crippen molar-refractivity contribution in [2.45, 2.75) is 18.8 Å². The van der Waals surface area contributed by atoms with Crippen LogP contribution < -0.4 is 0 Å². The molecule has 5 heteroatoms. The Balaban J connectivity index is 2.98. The van der Waals surface area contributed by atoms with E-state index in [1.165, 1.54) is 18.2 Å². The minimum absolute atomic E-state index is 0.0948. The molecular weight excluding hydrogens is 201 g/mol. The molecule has 4 nitrogen and oxygen atoms in total. The van der Waals surface area contributed by atoms with Gasteiger partial charge in [-0.05, 0) is 11.6 Å². The van der Waals surface area contributed by atoms with Gasteiger partial charge in [-0.1, -0.05) is 12.1 Å². The lowest BCUT2D eigenvalue weighted by atomic mass is 10.0. The van der Waals surface area contributed by atoms with Gasteiger partial charge in [-0.15, -0.1) is 0 Å². The van der Waals surface area contributed by atoms with E-state index in [-0.39, 0.29) is 11.1 Å². The third-order valence-electron chi connectivity index (χ3n) is 2.02. The summed E-state index contributed by atoms with van der Waals surface area (Å²) < 4.78 is 13.1. The molecule has 1 aromatic carbocycles. The van der Waals surface area contributed by atoms with Crippen molar-refractivity contribution in [1.82, 2.24) is 0 Å². The van der Waals surface area contributed by atoms with Gasteiger partial charge in [0, 0.05) is 5.56 Å². The molecule has 0 heterocycles. The number of rotatable bonds is 3. The van der Waals surface area contributed by atoms with Gasteiger partial charge in [0.1, 0.15) is 11.9 Å². The van der Waals surface area contributed by atoms with Gasteiger partial charge in [-0.2, -0.15) is 5.26 Å². The largest absolute Gasteiger partial charge is 0.392 e. The molecule has 0 aliphatic rings. The fourth-order valence-corrected chi connectivity index (χ4v) is 1.13. The van der Waals surface area contributed by atoms with Crippen molar-refractivity contribution in [2.24, 2.45) is 0 Å². The maximum atomic E-state index is 13.1. The highest BCUT2D eigenvalue weighted by molar-refractivity contribution is 5.26. The zero-order chi connectivity index (χ0) is 11.4. The van der Waals surface area contributed by atoms with Crippen LogP contribution in [-0.2, 0) is 6.61 Å². The zero-order valence-electron chi connectivity index (χ0n) is 7.76. The van der Waals surface area contributed by atoms with Crippen LogP contribution in [0, 0.1) is 17.1 Å². The average Bonchev–Trinajstić information content (AvgIpc) is 2.26. The smallest absolute Gasteiger partial charge is 0.170 e. The van der Waals surface area contributed by atoms with Crippen molar-refractivity contribution in [1.29, 1.82) is 5.26 Å². The molecule has 0 aromatic heterocycles. The summed E-state index contributed by atoms with van der Waals surface area (Å²) in [7, 11) is 0. The minimum Gasteiger partial charge on any atom is -0.392 e. The highest BCUT2D eigenvalue weighted by atomic mass is 19.1. The molecular formula is C10H10FNO3. The summed E-state index contributed by atoms with van der Waals surface area (Å²) in [6.45, 7) is -0.441. The van der Waals surface area contributed by atoms with E-state index >= 15 is 0 Å². The third-order valence-corrected chi connectivity index (χ3v) is 2.02. The lowest BCUT2D eigenvalue weighted by molar-refractivity contribution is 0.0525. The van der Waals surface area contributed by atoms with E-state index in [9.17, 15) is 9.50 Å². The summed E-state index contributed by atoms with van der Waals surface area (Å²) in [4.78, 5) is 0. The van der Waals surface area contributed by atoms with E-state index in [2.05, 4.69) is 0 Å². The molecule has 15 heavy (non-hydrogen) atoms. The first kappa shape index (κ1) is 11.6. The third kappa shape index (κ3) is 2.50. The molecule has 2 atom stereocenters. The Morgan fingerprint density at radius 2 is 2.07 bits per heavy atom. The summed E-state index contributed by atoms with van der Waals surface area (Å²) in [5.74, 6) is -0.681. The van der Waals surface area contributed by atoms with Crippen LogP contribution >= 0.6 is 0 Å². The first-order valence-corrected chi connectivity index (χ1v) is 4.25. The van der Waals surface area contributed by atoms with E-state index in [0.29, 0.717) is 0 Å². The van der Waals surface area contributed by atoms with Gasteiger partial charge in [0.2, 0.25) is 0 Å². The number of benzene rings is 1. The standard InChI is InChI=1S/C10H10FNO3/c11-8-3-6(1-2-7(8)5-13)10(15)9(14)4-12/h1-3,9-10,13-15H,5H2. The summed E-state index contributed by atoms with van der Waals surface area (Å²) in [5, 5.41) is 35.4. The van der Waals surface area contributed by atoms with Crippen molar-refractivity contribution < 1.29 is 19.7 Å². The summed E-state index contributed by atoms with van der Waals surface area (Å²) in [6, 6.07) is 5.06. The fourth-order valence-electron chi connectivity index (χ4n) is 1.13. The molecule has 0 fully saturated rings. The number of aliphatic hydroxyl groups excluding tert-OH is 3. The van der Waals surface area contributed by atoms with E-state index in [0.717, 1.165) is 6.07 Å². The predicted octanol–water partition coefficient (Wildman–Crippen LogP) is 0.236. The normalized spacial score (nSPS) is 14.3. The first-order chi connectivity index (χ1) is 7.10. The van der Waals surface area contributed by atoms with E-state index in [4.69, 9.17) is 15.5 Å². The van der Waals surface area contributed by atoms with Gasteiger partial charge < -0.3 is 15.3 Å². The Bertz CT molecular complexity index is 389. The van der Waals surface area contributed by atoms with Crippen LogP contribution in [0.5, 0.6) is 0 Å². The van der Waals surface area contributed by atoms with Crippen molar-refractivity contribution >= 4 is 0 Å². The Morgan fingerprint density at radius 1 is 1.40 bits per heavy atom. The molecule has 0 amide bonds. The molecule has 2 unspecified atom stereocenters. The number of hydrogen-bond donors (Lipinski definition) is 3. The summed E-state index contributed by atoms with van der Waals surface area (Å²) in [6.07, 6.45) is -3.04. The topological polar surface area (TPSA) is 84.5 Å². The van der Waals surface area contributed by atoms with E-state index in [1.807, 2.05) is 0 Å². The van der Waals surface area contributed by atoms with E-state index in [1.54, 1.807) is 0 Å². The van der Waals surface area contributed by atoms with Gasteiger partial charge in [0.25, 0.3) is 0 Å². The SMILES string of the molecule is N#CC(O)C(O)c1ccc(CO)c(F)c1. The molecule has 0 saturated heterocycles. The maximum Gasteiger partial charge on any atom is 0.170 e. The quantitative estimate of drug-likeness (QED) is 0.625. The second-order valence-corrected chi connectivity index (χ2v) is 3.03. The Hall–Kier alpha value is -1.48. The minimum atomic E-state index is -1.59. The second kappa shape index (κ2) is 4.84. The van der Waals surface area contributed by atoms with Crippen LogP contribution in [0.1, 0.15) is 17.2 Å². The van der Waals surface area contributed by atoms with Gasteiger partial charge in [-0.25, -0.2) is 4.39 Å². The molecule has 0 aliphatic heterocycles. The maximum absolute atomic E-state index is 13.1. The molecule has 0 radical (unpaired) electrons. The van der Waals surface area contributed by atoms with Crippen LogP contribution in [0.3, 0.4) is 0 Å². The highest BCUT2D eigenvalue weighted by Gasteiger charge is 2.18. The number of nitriles is 1. The summed E-state index contributed by atoms with van der Waals surface area (Å²) in [5.41, 5.74) is 0.191. The lowest BCUT2D eigenvalue weighted by Gasteiger charge is -2.12. The second-order valence-electron chi connectivity index (χ2n) is 3.03. The monoisotopic (exact) mass is 211 g/mol. The van der Waals surface area contributed by atoms with Crippen LogP contribution in [0.25, 0.3) is 0 Å². The Morgan fingerprint density at radius 3 is 2.53 bits per heavy atom. The molecule has 0 spiro atoms. The fraction of sp³-hybridized carbons (Fsp3) is 0.300. The molecule has 0 aliphatic carbocycles. The van der Waals surface area contributed by atoms with Crippen LogP contribution in [0.2, 0.25) is 0 Å². The van der Waals surface area contributed by atoms with Crippen molar-refractivity contribution in [3.63, 3.8) is 0 Å². The molecule has 3 N–H and O–H groups in total. The Kier molecular flexibility index (Phi) is 3.74. The van der Waals surface area contributed by atoms with Crippen LogP contribution in [-0.4, -0.2) is 21.4 Å². The average molecular weight is 211 g/mol. The molecule has 0 saturated carbocycles. The Labute approximate surface area is 85.8 Å². The van der Waals surface area contributed by atoms with Gasteiger partial charge >= 0.3 is 0 Å². The first-order valence-electron chi connectivity index (χ1n) is 4.25. The molecule has 1 rings (SSSR count). The molecule has 1 aromatic rings. The summed E-state index contributed by atoms with van der Waals surface area (Å²) >= 11 is 0. The van der Waals surface area contributed by atoms with Crippen LogP contribution in [0.4, 0.5) is 4.39 Å². The number of hydrogen-bond acceptors (Lipinski definition) is 4. The number of halogens is 1. The van der Waals surface area contributed by atoms with Gasteiger partial charge in [0.05, 0.1) is 12.7 Å². The highest BCUT2D eigenvalue weighted by Crippen LogP contribution is 2.19. The zero-order valence-corrected chi connectivity index (χ0v) is 7.76.